The third-order valence-electron chi connectivity index (χ3n) is 14.6. The Bertz CT molecular complexity index is 1020. The molecule has 0 aliphatic heterocycles. The molecule has 0 aromatic rings. The van der Waals surface area contributed by atoms with E-state index < -0.39 is 12.1 Å². The van der Waals surface area contributed by atoms with Gasteiger partial charge in [0.2, 0.25) is 5.91 Å². The highest BCUT2D eigenvalue weighted by molar-refractivity contribution is 5.76. The molecule has 6 nitrogen and oxygen atoms in total. The third kappa shape index (κ3) is 53.9. The maximum absolute atomic E-state index is 12.5. The number of carbonyl (C=O) groups excluding carboxylic acids is 2. The van der Waals surface area contributed by atoms with Crippen LogP contribution in [-0.4, -0.2) is 47.4 Å². The number of amides is 1. The summed E-state index contributed by atoms with van der Waals surface area (Å²) in [5.74, 6) is -0.0418. The van der Waals surface area contributed by atoms with Crippen molar-refractivity contribution in [3.63, 3.8) is 0 Å². The highest BCUT2D eigenvalue weighted by Crippen LogP contribution is 2.18. The fourth-order valence-electron chi connectivity index (χ4n) is 9.81. The van der Waals surface area contributed by atoms with E-state index in [0.29, 0.717) is 25.9 Å². The van der Waals surface area contributed by atoms with E-state index in [0.717, 1.165) is 57.8 Å². The van der Waals surface area contributed by atoms with Crippen molar-refractivity contribution in [1.29, 1.82) is 0 Å². The van der Waals surface area contributed by atoms with E-state index in [1.807, 2.05) is 0 Å². The Morgan fingerprint density at radius 1 is 0.397 bits per heavy atom. The number of hydrogen-bond donors (Lipinski definition) is 3. The summed E-state index contributed by atoms with van der Waals surface area (Å²) in [7, 11) is 0. The summed E-state index contributed by atoms with van der Waals surface area (Å²) in [5.41, 5.74) is 0. The van der Waals surface area contributed by atoms with E-state index in [2.05, 4.69) is 31.3 Å². The van der Waals surface area contributed by atoms with Crippen LogP contribution in [0.15, 0.2) is 12.2 Å². The first-order valence-electron chi connectivity index (χ1n) is 30.9. The van der Waals surface area contributed by atoms with Gasteiger partial charge in [-0.05, 0) is 51.4 Å². The minimum absolute atomic E-state index is 0.00356. The molecule has 0 rings (SSSR count). The molecular formula is C62H121NO5. The molecule has 2 atom stereocenters. The van der Waals surface area contributed by atoms with Crippen LogP contribution in [0.25, 0.3) is 0 Å². The number of aliphatic hydroxyl groups is 2. The fraction of sp³-hybridized carbons (Fsp3) is 0.935. The van der Waals surface area contributed by atoms with E-state index in [-0.39, 0.29) is 18.5 Å². The van der Waals surface area contributed by atoms with Gasteiger partial charge in [-0.2, -0.15) is 0 Å². The molecule has 0 aromatic heterocycles. The molecule has 0 fully saturated rings. The zero-order valence-corrected chi connectivity index (χ0v) is 46.1. The Kier molecular flexibility index (Phi) is 57.0. The van der Waals surface area contributed by atoms with Crippen LogP contribution in [-0.2, 0) is 14.3 Å². The molecule has 0 aliphatic rings. The molecule has 404 valence electrons. The van der Waals surface area contributed by atoms with Crippen LogP contribution in [0.2, 0.25) is 0 Å². The highest BCUT2D eigenvalue weighted by Gasteiger charge is 2.20. The van der Waals surface area contributed by atoms with Crippen LogP contribution in [0.4, 0.5) is 0 Å². The zero-order valence-electron chi connectivity index (χ0n) is 46.1. The number of rotatable bonds is 58. The number of unbranched alkanes of at least 4 members (excludes halogenated alkanes) is 45. The SMILES string of the molecule is CCCCCCCCCCCCCCCCCCCCCCCCC(O)C(CO)NC(=O)CCCCCCC/C=C\CCCCCCCCCCCOC(=O)CCCCCCCCCCCCC. The second-order valence-electron chi connectivity index (χ2n) is 21.4. The zero-order chi connectivity index (χ0) is 49.3. The van der Waals surface area contributed by atoms with Crippen LogP contribution in [0.3, 0.4) is 0 Å². The minimum atomic E-state index is -0.673. The van der Waals surface area contributed by atoms with Gasteiger partial charge in [0.05, 0.1) is 25.4 Å². The fourth-order valence-corrected chi connectivity index (χ4v) is 9.81. The van der Waals surface area contributed by atoms with Crippen molar-refractivity contribution in [3.8, 4) is 0 Å². The maximum Gasteiger partial charge on any atom is 0.305 e. The lowest BCUT2D eigenvalue weighted by molar-refractivity contribution is -0.143. The molecule has 1 amide bonds. The molecule has 0 radical (unpaired) electrons. The minimum Gasteiger partial charge on any atom is -0.466 e. The summed E-state index contributed by atoms with van der Waals surface area (Å²) >= 11 is 0. The van der Waals surface area contributed by atoms with Crippen LogP contribution in [0.5, 0.6) is 0 Å². The average molecular weight is 961 g/mol. The Labute approximate surface area is 425 Å². The molecule has 3 N–H and O–H groups in total. The van der Waals surface area contributed by atoms with Gasteiger partial charge in [-0.15, -0.1) is 0 Å². The lowest BCUT2D eigenvalue weighted by Gasteiger charge is -2.22. The summed E-state index contributed by atoms with van der Waals surface area (Å²) in [4.78, 5) is 24.5. The first-order chi connectivity index (χ1) is 33.5. The molecule has 68 heavy (non-hydrogen) atoms. The lowest BCUT2D eigenvalue weighted by atomic mass is 10.0. The van der Waals surface area contributed by atoms with Gasteiger partial charge in [0.25, 0.3) is 0 Å². The van der Waals surface area contributed by atoms with Crippen LogP contribution in [0.1, 0.15) is 348 Å². The number of aliphatic hydroxyl groups excluding tert-OH is 2. The van der Waals surface area contributed by atoms with Gasteiger partial charge in [-0.1, -0.05) is 296 Å². The van der Waals surface area contributed by atoms with Crippen LogP contribution in [0, 0.1) is 0 Å². The Morgan fingerprint density at radius 3 is 1.04 bits per heavy atom. The molecule has 0 aliphatic carbocycles. The van der Waals surface area contributed by atoms with Crippen molar-refractivity contribution in [2.75, 3.05) is 13.2 Å². The summed E-state index contributed by atoms with van der Waals surface area (Å²) < 4.78 is 5.46. The standard InChI is InChI=1S/C62H121NO5/c1-3-5-7-9-11-13-15-16-17-18-19-20-21-22-25-28-31-35-38-42-46-50-54-60(65)59(58-64)63-61(66)55-51-47-43-39-36-32-29-26-23-24-27-30-33-37-41-45-49-53-57-68-62(67)56-52-48-44-40-34-14-12-10-8-6-4-2/h26,29,59-60,64-65H,3-25,27-28,30-58H2,1-2H3,(H,63,66)/b29-26-. The van der Waals surface area contributed by atoms with Gasteiger partial charge in [0.15, 0.2) is 0 Å². The normalized spacial score (nSPS) is 12.6. The van der Waals surface area contributed by atoms with Gasteiger partial charge < -0.3 is 20.3 Å². The van der Waals surface area contributed by atoms with Crippen molar-refractivity contribution >= 4 is 11.9 Å². The molecular weight excluding hydrogens is 839 g/mol. The number of esters is 1. The third-order valence-corrected chi connectivity index (χ3v) is 14.6. The predicted molar refractivity (Wildman–Crippen MR) is 297 cm³/mol. The van der Waals surface area contributed by atoms with Gasteiger partial charge in [-0.25, -0.2) is 0 Å². The predicted octanol–water partition coefficient (Wildman–Crippen LogP) is 19.2. The lowest BCUT2D eigenvalue weighted by Crippen LogP contribution is -2.45. The molecule has 2 unspecified atom stereocenters. The van der Waals surface area contributed by atoms with E-state index in [9.17, 15) is 19.8 Å². The Hall–Kier alpha value is -1.40. The Balaban J connectivity index is 3.45. The van der Waals surface area contributed by atoms with Gasteiger partial charge in [-0.3, -0.25) is 9.59 Å². The quantitative estimate of drug-likeness (QED) is 0.0321. The van der Waals surface area contributed by atoms with Crippen molar-refractivity contribution in [1.82, 2.24) is 5.32 Å². The van der Waals surface area contributed by atoms with Crippen LogP contribution < -0.4 is 5.32 Å². The van der Waals surface area contributed by atoms with Gasteiger partial charge in [0.1, 0.15) is 0 Å². The van der Waals surface area contributed by atoms with Crippen molar-refractivity contribution < 1.29 is 24.5 Å². The van der Waals surface area contributed by atoms with E-state index in [1.165, 1.54) is 257 Å². The van der Waals surface area contributed by atoms with Crippen molar-refractivity contribution in [2.24, 2.45) is 0 Å². The second kappa shape index (κ2) is 58.2. The number of nitrogens with one attached hydrogen (secondary N) is 1. The van der Waals surface area contributed by atoms with Gasteiger partial charge >= 0.3 is 5.97 Å². The molecule has 0 spiro atoms. The summed E-state index contributed by atoms with van der Waals surface area (Å²) in [6.45, 7) is 4.96. The van der Waals surface area contributed by atoms with Crippen LogP contribution >= 0.6 is 0 Å². The number of carbonyl (C=O) groups is 2. The largest absolute Gasteiger partial charge is 0.466 e. The van der Waals surface area contributed by atoms with Crippen molar-refractivity contribution in [2.45, 2.75) is 360 Å². The summed E-state index contributed by atoms with van der Waals surface area (Å²) in [6.07, 6.45) is 69.3. The molecule has 0 aromatic carbocycles. The number of allylic oxidation sites excluding steroid dienone is 2. The monoisotopic (exact) mass is 960 g/mol. The molecule has 0 saturated heterocycles. The first kappa shape index (κ1) is 66.6. The number of ether oxygens (including phenoxy) is 1. The molecule has 0 heterocycles. The first-order valence-corrected chi connectivity index (χ1v) is 30.9. The average Bonchev–Trinajstić information content (AvgIpc) is 3.34. The van der Waals surface area contributed by atoms with E-state index >= 15 is 0 Å². The van der Waals surface area contributed by atoms with Crippen molar-refractivity contribution in [3.05, 3.63) is 12.2 Å². The summed E-state index contributed by atoms with van der Waals surface area (Å²) in [6, 6.07) is -0.552. The molecule has 6 heteroatoms. The van der Waals surface area contributed by atoms with Gasteiger partial charge in [0, 0.05) is 12.8 Å². The second-order valence-corrected chi connectivity index (χ2v) is 21.4. The molecule has 0 saturated carbocycles. The van der Waals surface area contributed by atoms with E-state index in [4.69, 9.17) is 4.74 Å². The Morgan fingerprint density at radius 2 is 0.691 bits per heavy atom. The smallest absolute Gasteiger partial charge is 0.305 e. The number of hydrogen-bond acceptors (Lipinski definition) is 5. The van der Waals surface area contributed by atoms with E-state index in [1.54, 1.807) is 0 Å². The molecule has 0 bridgehead atoms. The summed E-state index contributed by atoms with van der Waals surface area (Å²) in [5, 5.41) is 23.4. The highest BCUT2D eigenvalue weighted by atomic mass is 16.5. The maximum atomic E-state index is 12.5. The topological polar surface area (TPSA) is 95.9 Å².